The highest BCUT2D eigenvalue weighted by Gasteiger charge is 2.33. The van der Waals surface area contributed by atoms with E-state index in [4.69, 9.17) is 11.6 Å². The summed E-state index contributed by atoms with van der Waals surface area (Å²) in [7, 11) is 0. The van der Waals surface area contributed by atoms with E-state index in [-0.39, 0.29) is 5.56 Å². The molecule has 0 atom stereocenters. The van der Waals surface area contributed by atoms with Crippen LogP contribution in [0.1, 0.15) is 35.4 Å². The van der Waals surface area contributed by atoms with Crippen LogP contribution in [0.2, 0.25) is 0 Å². The normalized spacial score (nSPS) is 16.3. The Hall–Kier alpha value is -0.700. The second-order valence-corrected chi connectivity index (χ2v) is 4.42. The Labute approximate surface area is 92.5 Å². The number of rotatable bonds is 1. The molecule has 15 heavy (non-hydrogen) atoms. The van der Waals surface area contributed by atoms with E-state index in [0.29, 0.717) is 17.7 Å². The molecule has 1 aromatic rings. The van der Waals surface area contributed by atoms with Crippen LogP contribution in [-0.2, 0) is 18.2 Å². The summed E-state index contributed by atoms with van der Waals surface area (Å²) in [5, 5.41) is -3.27. The van der Waals surface area contributed by atoms with Gasteiger partial charge in [0.1, 0.15) is 0 Å². The van der Waals surface area contributed by atoms with Crippen LogP contribution < -0.4 is 0 Å². The summed E-state index contributed by atoms with van der Waals surface area (Å²) in [4.78, 5) is 4.30. The lowest BCUT2D eigenvalue weighted by molar-refractivity contribution is 0.0935. The molecule has 0 fully saturated rings. The number of aromatic nitrogens is 1. The maximum absolute atomic E-state index is 13.2. The van der Waals surface area contributed by atoms with E-state index >= 15 is 0 Å². The van der Waals surface area contributed by atoms with Crippen molar-refractivity contribution < 1.29 is 8.78 Å². The van der Waals surface area contributed by atoms with Crippen molar-refractivity contribution in [2.24, 2.45) is 0 Å². The quantitative estimate of drug-likeness (QED) is 0.674. The molecule has 0 aliphatic heterocycles. The van der Waals surface area contributed by atoms with Gasteiger partial charge in [-0.25, -0.2) is 0 Å². The van der Waals surface area contributed by atoms with E-state index in [9.17, 15) is 8.78 Å². The topological polar surface area (TPSA) is 12.9 Å². The zero-order chi connectivity index (χ0) is 11.1. The Morgan fingerprint density at radius 1 is 1.33 bits per heavy atom. The summed E-state index contributed by atoms with van der Waals surface area (Å²) in [5.74, 6) is 0. The fourth-order valence-corrected chi connectivity index (χ4v) is 2.27. The molecule has 4 heteroatoms. The molecule has 0 saturated heterocycles. The van der Waals surface area contributed by atoms with Crippen molar-refractivity contribution in [3.05, 3.63) is 28.6 Å². The summed E-state index contributed by atoms with van der Waals surface area (Å²) in [5.41, 5.74) is 2.03. The first kappa shape index (κ1) is 10.8. The van der Waals surface area contributed by atoms with Gasteiger partial charge in [-0.3, -0.25) is 4.98 Å². The molecule has 0 saturated carbocycles. The zero-order valence-electron chi connectivity index (χ0n) is 8.49. The van der Waals surface area contributed by atoms with Crippen LogP contribution in [0.3, 0.4) is 0 Å². The van der Waals surface area contributed by atoms with Gasteiger partial charge in [0.15, 0.2) is 0 Å². The van der Waals surface area contributed by atoms with Gasteiger partial charge in [0, 0.05) is 17.0 Å². The molecular weight excluding hydrogens is 220 g/mol. The Balaban J connectivity index is 2.58. The van der Waals surface area contributed by atoms with E-state index in [1.807, 2.05) is 0 Å². The minimum atomic E-state index is -3.27. The van der Waals surface area contributed by atoms with Crippen molar-refractivity contribution in [3.8, 4) is 0 Å². The van der Waals surface area contributed by atoms with Crippen molar-refractivity contribution >= 4 is 11.6 Å². The number of fused-ring (bicyclic) bond motifs is 1. The molecule has 1 aliphatic rings. The molecule has 0 spiro atoms. The average molecular weight is 232 g/mol. The van der Waals surface area contributed by atoms with Gasteiger partial charge in [-0.2, -0.15) is 8.78 Å². The summed E-state index contributed by atoms with van der Waals surface area (Å²) in [6.45, 7) is 1.72. The van der Waals surface area contributed by atoms with E-state index in [0.717, 1.165) is 25.0 Å². The SMILES string of the molecule is Cc1cc(C(F)(F)Cl)c2c(n1)CCCC2. The van der Waals surface area contributed by atoms with Crippen molar-refractivity contribution in [3.63, 3.8) is 0 Å². The van der Waals surface area contributed by atoms with Crippen LogP contribution >= 0.6 is 11.6 Å². The smallest absolute Gasteiger partial charge is 0.258 e. The molecule has 82 valence electrons. The van der Waals surface area contributed by atoms with Crippen molar-refractivity contribution in [1.82, 2.24) is 4.98 Å². The summed E-state index contributed by atoms with van der Waals surface area (Å²) in [6.07, 6.45) is 3.42. The van der Waals surface area contributed by atoms with Gasteiger partial charge in [0.2, 0.25) is 0 Å². The Kier molecular flexibility index (Phi) is 2.67. The van der Waals surface area contributed by atoms with Gasteiger partial charge in [0.25, 0.3) is 0 Å². The van der Waals surface area contributed by atoms with Crippen LogP contribution in [0.4, 0.5) is 8.78 Å². The van der Waals surface area contributed by atoms with Gasteiger partial charge in [0.05, 0.1) is 0 Å². The standard InChI is InChI=1S/C11H12ClF2N/c1-7-6-9(11(12,13)14)8-4-2-3-5-10(8)15-7/h6H,2-5H2,1H3. The molecule has 1 aromatic heterocycles. The van der Waals surface area contributed by atoms with Gasteiger partial charge < -0.3 is 0 Å². The van der Waals surface area contributed by atoms with Gasteiger partial charge in [-0.1, -0.05) is 0 Å². The highest BCUT2D eigenvalue weighted by atomic mass is 35.5. The van der Waals surface area contributed by atoms with E-state index < -0.39 is 5.38 Å². The summed E-state index contributed by atoms with van der Waals surface area (Å²) >= 11 is 5.11. The second-order valence-electron chi connectivity index (χ2n) is 3.94. The minimum Gasteiger partial charge on any atom is -0.258 e. The van der Waals surface area contributed by atoms with Crippen LogP contribution in [0, 0.1) is 6.92 Å². The fourth-order valence-electron chi connectivity index (χ4n) is 2.10. The predicted octanol–water partition coefficient (Wildman–Crippen LogP) is 3.56. The number of hydrogen-bond donors (Lipinski definition) is 0. The lowest BCUT2D eigenvalue weighted by Gasteiger charge is -2.21. The third-order valence-electron chi connectivity index (χ3n) is 2.73. The largest absolute Gasteiger partial charge is 0.348 e. The second kappa shape index (κ2) is 3.71. The molecule has 2 rings (SSSR count). The minimum absolute atomic E-state index is 0.0497. The molecular formula is C11H12ClF2N. The third kappa shape index (κ3) is 2.12. The maximum atomic E-state index is 13.2. The lowest BCUT2D eigenvalue weighted by atomic mass is 9.92. The van der Waals surface area contributed by atoms with E-state index in [1.54, 1.807) is 6.92 Å². The van der Waals surface area contributed by atoms with Crippen molar-refractivity contribution in [2.75, 3.05) is 0 Å². The molecule has 0 N–H and O–H groups in total. The number of halogens is 3. The van der Waals surface area contributed by atoms with Gasteiger partial charge in [-0.15, -0.1) is 0 Å². The highest BCUT2D eigenvalue weighted by molar-refractivity contribution is 6.21. The average Bonchev–Trinajstić information content (AvgIpc) is 2.15. The molecule has 0 aromatic carbocycles. The van der Waals surface area contributed by atoms with Crippen molar-refractivity contribution in [1.29, 1.82) is 0 Å². The van der Waals surface area contributed by atoms with Crippen molar-refractivity contribution in [2.45, 2.75) is 38.0 Å². The predicted molar refractivity (Wildman–Crippen MR) is 55.4 cm³/mol. The number of hydrogen-bond acceptors (Lipinski definition) is 1. The molecule has 1 heterocycles. The number of aryl methyl sites for hydroxylation is 2. The van der Waals surface area contributed by atoms with Crippen LogP contribution in [0.25, 0.3) is 0 Å². The van der Waals surface area contributed by atoms with E-state index in [1.165, 1.54) is 6.07 Å². The first-order valence-electron chi connectivity index (χ1n) is 5.05. The molecule has 0 radical (unpaired) electrons. The number of alkyl halides is 3. The maximum Gasteiger partial charge on any atom is 0.348 e. The summed E-state index contributed by atoms with van der Waals surface area (Å²) in [6, 6.07) is 1.40. The Morgan fingerprint density at radius 3 is 2.67 bits per heavy atom. The molecule has 0 amide bonds. The monoisotopic (exact) mass is 231 g/mol. The first-order valence-corrected chi connectivity index (χ1v) is 5.43. The van der Waals surface area contributed by atoms with Gasteiger partial charge in [-0.05, 0) is 55.8 Å². The number of pyridine rings is 1. The Bertz CT molecular complexity index is 385. The van der Waals surface area contributed by atoms with Gasteiger partial charge >= 0.3 is 5.38 Å². The molecule has 1 nitrogen and oxygen atoms in total. The lowest BCUT2D eigenvalue weighted by Crippen LogP contribution is -2.15. The highest BCUT2D eigenvalue weighted by Crippen LogP contribution is 2.38. The van der Waals surface area contributed by atoms with Crippen LogP contribution in [0.15, 0.2) is 6.07 Å². The summed E-state index contributed by atoms with van der Waals surface area (Å²) < 4.78 is 26.3. The zero-order valence-corrected chi connectivity index (χ0v) is 9.24. The Morgan fingerprint density at radius 2 is 2.00 bits per heavy atom. The fraction of sp³-hybridized carbons (Fsp3) is 0.545. The third-order valence-corrected chi connectivity index (χ3v) is 2.94. The van der Waals surface area contributed by atoms with Crippen LogP contribution in [-0.4, -0.2) is 4.98 Å². The van der Waals surface area contributed by atoms with E-state index in [2.05, 4.69) is 4.98 Å². The number of nitrogens with zero attached hydrogens (tertiary/aromatic N) is 1. The molecule has 0 unspecified atom stereocenters. The molecule has 0 bridgehead atoms. The molecule has 1 aliphatic carbocycles. The van der Waals surface area contributed by atoms with Crippen LogP contribution in [0.5, 0.6) is 0 Å². The first-order chi connectivity index (χ1) is 6.98.